The maximum Gasteiger partial charge on any atom is 0.238 e. The van der Waals surface area contributed by atoms with Gasteiger partial charge < -0.3 is 5.73 Å². The molecule has 1 aromatic carbocycles. The van der Waals surface area contributed by atoms with Crippen molar-refractivity contribution >= 4 is 23.4 Å². The van der Waals surface area contributed by atoms with E-state index in [2.05, 4.69) is 27.7 Å². The summed E-state index contributed by atoms with van der Waals surface area (Å²) >= 11 is 0. The first kappa shape index (κ1) is 18.8. The molecule has 27 heavy (non-hydrogen) atoms. The third kappa shape index (κ3) is 4.82. The molecule has 5 heteroatoms. The van der Waals surface area contributed by atoms with Crippen LogP contribution in [0.1, 0.15) is 44.1 Å². The number of nitrogen functional groups attached to an aromatic ring is 1. The fourth-order valence-corrected chi connectivity index (χ4v) is 3.27. The largest absolute Gasteiger partial charge is 0.367 e. The first-order valence-electron chi connectivity index (χ1n) is 9.55. The maximum atomic E-state index is 5.60. The second-order valence-corrected chi connectivity index (χ2v) is 6.81. The minimum Gasteiger partial charge on any atom is -0.367 e. The fourth-order valence-electron chi connectivity index (χ4n) is 3.27. The average molecular weight is 361 g/mol. The lowest BCUT2D eigenvalue weighted by molar-refractivity contribution is 0.504. The Hall–Kier alpha value is -2.95. The van der Waals surface area contributed by atoms with Gasteiger partial charge in [-0.1, -0.05) is 63.3 Å². The molecule has 140 valence electrons. The van der Waals surface area contributed by atoms with Crippen molar-refractivity contribution in [1.82, 2.24) is 14.6 Å². The van der Waals surface area contributed by atoms with Crippen LogP contribution in [0.25, 0.3) is 16.6 Å². The standard InChI is InChI=1S/C16H15N5.C6H12/c1-3-7-18-14-9-12(5-4-11(14)2)13-6-8-21-15(13)10-19-16(17)20-21;1-2-4-6-5-3-1/h3-10H,1H2,2H3,(H2,17,20);1-6H2. The molecule has 5 nitrogen and oxygen atoms in total. The second kappa shape index (κ2) is 9.12. The number of benzene rings is 1. The van der Waals surface area contributed by atoms with Crippen LogP contribution in [0.2, 0.25) is 0 Å². The number of allylic oxidation sites excluding steroid dienone is 1. The first-order chi connectivity index (χ1) is 13.2. The first-order valence-corrected chi connectivity index (χ1v) is 9.55. The van der Waals surface area contributed by atoms with Gasteiger partial charge in [-0.3, -0.25) is 4.99 Å². The lowest BCUT2D eigenvalue weighted by Crippen LogP contribution is -1.99. The van der Waals surface area contributed by atoms with Gasteiger partial charge in [0.15, 0.2) is 0 Å². The molecule has 0 atom stereocenters. The molecule has 0 amide bonds. The zero-order valence-corrected chi connectivity index (χ0v) is 15.9. The molecule has 0 radical (unpaired) electrons. The molecule has 2 heterocycles. The molecule has 1 aliphatic carbocycles. The van der Waals surface area contributed by atoms with E-state index < -0.39 is 0 Å². The average Bonchev–Trinajstić information content (AvgIpc) is 3.12. The molecule has 0 saturated heterocycles. The van der Waals surface area contributed by atoms with Crippen molar-refractivity contribution in [1.29, 1.82) is 0 Å². The van der Waals surface area contributed by atoms with Gasteiger partial charge in [0, 0.05) is 18.0 Å². The Bertz CT molecular complexity index is 924. The van der Waals surface area contributed by atoms with Crippen LogP contribution in [0.4, 0.5) is 11.6 Å². The Morgan fingerprint density at radius 3 is 2.48 bits per heavy atom. The highest BCUT2D eigenvalue weighted by atomic mass is 15.3. The minimum atomic E-state index is 0.254. The predicted octanol–water partition coefficient (Wildman–Crippen LogP) is 5.52. The third-order valence-electron chi connectivity index (χ3n) is 4.77. The van der Waals surface area contributed by atoms with E-state index in [-0.39, 0.29) is 5.95 Å². The molecule has 2 aromatic heterocycles. The number of aromatic nitrogens is 3. The molecule has 2 N–H and O–H groups in total. The van der Waals surface area contributed by atoms with E-state index in [9.17, 15) is 0 Å². The van der Waals surface area contributed by atoms with Crippen LogP contribution in [0, 0.1) is 6.92 Å². The van der Waals surface area contributed by atoms with Crippen LogP contribution in [0.3, 0.4) is 0 Å². The van der Waals surface area contributed by atoms with Crippen molar-refractivity contribution in [3.8, 4) is 11.1 Å². The Labute approximate surface area is 160 Å². The molecule has 0 spiro atoms. The molecule has 1 saturated carbocycles. The second-order valence-electron chi connectivity index (χ2n) is 6.81. The molecule has 0 unspecified atom stereocenters. The summed E-state index contributed by atoms with van der Waals surface area (Å²) in [5.74, 6) is 0.254. The SMILES string of the molecule is C1CCCCC1.C=CC=Nc1cc(-c2ccn3nc(N)ncc23)ccc1C. The van der Waals surface area contributed by atoms with Gasteiger partial charge >= 0.3 is 0 Å². The summed E-state index contributed by atoms with van der Waals surface area (Å²) in [4.78, 5) is 8.45. The summed E-state index contributed by atoms with van der Waals surface area (Å²) in [6.45, 7) is 5.67. The Morgan fingerprint density at radius 2 is 1.81 bits per heavy atom. The summed E-state index contributed by atoms with van der Waals surface area (Å²) in [5, 5.41) is 4.15. The fraction of sp³-hybridized carbons (Fsp3) is 0.318. The molecule has 1 aliphatic rings. The number of hydrogen-bond donors (Lipinski definition) is 1. The number of rotatable bonds is 3. The van der Waals surface area contributed by atoms with Crippen LogP contribution >= 0.6 is 0 Å². The summed E-state index contributed by atoms with van der Waals surface area (Å²) in [6.07, 6.45) is 15.9. The molecule has 3 aromatic rings. The normalized spacial score (nSPS) is 14.1. The van der Waals surface area contributed by atoms with E-state index in [0.29, 0.717) is 0 Å². The predicted molar refractivity (Wildman–Crippen MR) is 114 cm³/mol. The monoisotopic (exact) mass is 361 g/mol. The number of hydrogen-bond acceptors (Lipinski definition) is 4. The van der Waals surface area contributed by atoms with Gasteiger partial charge in [0.25, 0.3) is 0 Å². The third-order valence-corrected chi connectivity index (χ3v) is 4.77. The van der Waals surface area contributed by atoms with Gasteiger partial charge in [0.2, 0.25) is 5.95 Å². The summed E-state index contributed by atoms with van der Waals surface area (Å²) < 4.78 is 1.73. The van der Waals surface area contributed by atoms with E-state index in [1.807, 2.05) is 31.3 Å². The summed E-state index contributed by atoms with van der Waals surface area (Å²) in [6, 6.07) is 8.15. The zero-order chi connectivity index (χ0) is 19.1. The van der Waals surface area contributed by atoms with Crippen molar-refractivity contribution in [2.24, 2.45) is 4.99 Å². The number of fused-ring (bicyclic) bond motifs is 1. The highest BCUT2D eigenvalue weighted by Gasteiger charge is 2.08. The van der Waals surface area contributed by atoms with Crippen molar-refractivity contribution < 1.29 is 0 Å². The maximum absolute atomic E-state index is 5.60. The van der Waals surface area contributed by atoms with Gasteiger partial charge in [-0.05, 0) is 30.2 Å². The summed E-state index contributed by atoms with van der Waals surface area (Å²) in [7, 11) is 0. The van der Waals surface area contributed by atoms with Crippen LogP contribution in [-0.2, 0) is 0 Å². The van der Waals surface area contributed by atoms with Crippen molar-refractivity contribution in [3.63, 3.8) is 0 Å². The molecule has 1 fully saturated rings. The smallest absolute Gasteiger partial charge is 0.238 e. The number of aryl methyl sites for hydroxylation is 1. The van der Waals surface area contributed by atoms with E-state index >= 15 is 0 Å². The van der Waals surface area contributed by atoms with Gasteiger partial charge in [-0.25, -0.2) is 9.50 Å². The van der Waals surface area contributed by atoms with Gasteiger partial charge in [-0.15, -0.1) is 5.10 Å². The molecule has 0 bridgehead atoms. The van der Waals surface area contributed by atoms with Gasteiger partial charge in [-0.2, -0.15) is 0 Å². The minimum absolute atomic E-state index is 0.254. The zero-order valence-electron chi connectivity index (χ0n) is 15.9. The topological polar surface area (TPSA) is 68.6 Å². The number of nitrogens with zero attached hydrogens (tertiary/aromatic N) is 4. The van der Waals surface area contributed by atoms with Gasteiger partial charge in [0.1, 0.15) is 0 Å². The van der Waals surface area contributed by atoms with E-state index in [0.717, 1.165) is 27.9 Å². The Morgan fingerprint density at radius 1 is 1.11 bits per heavy atom. The Balaban J connectivity index is 0.000000299. The van der Waals surface area contributed by atoms with Crippen molar-refractivity contribution in [2.45, 2.75) is 45.4 Å². The highest BCUT2D eigenvalue weighted by Crippen LogP contribution is 2.30. The van der Waals surface area contributed by atoms with Crippen LogP contribution in [0.15, 0.2) is 54.3 Å². The quantitative estimate of drug-likeness (QED) is 0.625. The van der Waals surface area contributed by atoms with E-state index in [1.165, 1.54) is 38.5 Å². The molecule has 4 rings (SSSR count). The molecular weight excluding hydrogens is 334 g/mol. The van der Waals surface area contributed by atoms with E-state index in [4.69, 9.17) is 5.73 Å². The van der Waals surface area contributed by atoms with Crippen LogP contribution in [-0.4, -0.2) is 20.8 Å². The van der Waals surface area contributed by atoms with Crippen LogP contribution in [0.5, 0.6) is 0 Å². The van der Waals surface area contributed by atoms with Crippen molar-refractivity contribution in [3.05, 3.63) is 54.9 Å². The number of anilines is 1. The summed E-state index contributed by atoms with van der Waals surface area (Å²) in [5.41, 5.74) is 10.6. The van der Waals surface area contributed by atoms with Gasteiger partial charge in [0.05, 0.1) is 17.4 Å². The molecule has 0 aliphatic heterocycles. The highest BCUT2D eigenvalue weighted by molar-refractivity contribution is 5.83. The number of nitrogens with two attached hydrogens (primary N) is 1. The Kier molecular flexibility index (Phi) is 6.36. The lowest BCUT2D eigenvalue weighted by Gasteiger charge is -2.05. The lowest BCUT2D eigenvalue weighted by atomic mass is 10.0. The number of aliphatic imine (C=N–C) groups is 1. The van der Waals surface area contributed by atoms with Crippen molar-refractivity contribution in [2.75, 3.05) is 5.73 Å². The van der Waals surface area contributed by atoms with E-state index in [1.54, 1.807) is 23.0 Å². The van der Waals surface area contributed by atoms with Crippen LogP contribution < -0.4 is 5.73 Å². The molecular formula is C22H27N5.